The summed E-state index contributed by atoms with van der Waals surface area (Å²) in [7, 11) is 0. The molecular weight excluding hydrogens is 324 g/mol. The van der Waals surface area contributed by atoms with Crippen LogP contribution in [0.3, 0.4) is 0 Å². The zero-order chi connectivity index (χ0) is 17.4. The number of aliphatic hydroxyl groups excluding tert-OH is 2. The highest BCUT2D eigenvalue weighted by atomic mass is 16.6. The zero-order valence-electron chi connectivity index (χ0n) is 13.2. The van der Waals surface area contributed by atoms with E-state index in [-0.39, 0.29) is 5.82 Å². The first-order chi connectivity index (χ1) is 12.1. The van der Waals surface area contributed by atoms with Gasteiger partial charge in [0.05, 0.1) is 6.33 Å². The number of anilines is 2. The van der Waals surface area contributed by atoms with Crippen LogP contribution in [0.15, 0.2) is 43.0 Å². The fourth-order valence-corrected chi connectivity index (χ4v) is 2.96. The Morgan fingerprint density at radius 1 is 1.12 bits per heavy atom. The van der Waals surface area contributed by atoms with Crippen molar-refractivity contribution in [3.63, 3.8) is 0 Å². The van der Waals surface area contributed by atoms with Crippen LogP contribution in [0.5, 0.6) is 0 Å². The highest BCUT2D eigenvalue weighted by Crippen LogP contribution is 2.32. The number of nitrogens with zero attached hydrogens (tertiary/aromatic N) is 4. The van der Waals surface area contributed by atoms with Gasteiger partial charge in [0, 0.05) is 12.2 Å². The van der Waals surface area contributed by atoms with Crippen LogP contribution in [0.4, 0.5) is 11.5 Å². The average molecular weight is 342 g/mol. The molecule has 0 saturated carbocycles. The molecule has 130 valence electrons. The molecule has 2 aromatic heterocycles. The maximum Gasteiger partial charge on any atom is 0.167 e. The van der Waals surface area contributed by atoms with Crippen LogP contribution in [-0.2, 0) is 4.74 Å². The third-order valence-corrected chi connectivity index (χ3v) is 4.28. The molecule has 3 heterocycles. The average Bonchev–Trinajstić information content (AvgIpc) is 3.18. The lowest BCUT2D eigenvalue weighted by Crippen LogP contribution is -2.35. The minimum absolute atomic E-state index is 0.249. The van der Waals surface area contributed by atoms with E-state index in [4.69, 9.17) is 10.5 Å². The predicted molar refractivity (Wildman–Crippen MR) is 90.6 cm³/mol. The maximum atomic E-state index is 10.4. The zero-order valence-corrected chi connectivity index (χ0v) is 13.2. The van der Waals surface area contributed by atoms with Crippen molar-refractivity contribution in [2.45, 2.75) is 24.5 Å². The number of fused-ring (bicyclic) bond motifs is 1. The SMILES string of the molecule is Nc1ncnc2c1ncn2[C@H]1O[C@H](CNc2ccccc2)[C@H](O)[C@H]1O. The Balaban J connectivity index is 1.54. The molecular formula is C16H18N6O3. The van der Waals surface area contributed by atoms with E-state index in [2.05, 4.69) is 20.3 Å². The number of ether oxygens (including phenoxy) is 1. The molecule has 1 aromatic carbocycles. The van der Waals surface area contributed by atoms with E-state index < -0.39 is 24.5 Å². The van der Waals surface area contributed by atoms with E-state index in [0.717, 1.165) is 5.69 Å². The Kier molecular flexibility index (Phi) is 3.96. The van der Waals surface area contributed by atoms with Crippen molar-refractivity contribution in [2.24, 2.45) is 0 Å². The molecule has 1 aliphatic rings. The Labute approximate surface area is 143 Å². The van der Waals surface area contributed by atoms with Crippen LogP contribution in [0.1, 0.15) is 6.23 Å². The summed E-state index contributed by atoms with van der Waals surface area (Å²) >= 11 is 0. The van der Waals surface area contributed by atoms with Crippen molar-refractivity contribution in [3.05, 3.63) is 43.0 Å². The number of aliphatic hydroxyl groups is 2. The van der Waals surface area contributed by atoms with Crippen molar-refractivity contribution in [1.29, 1.82) is 0 Å². The minimum atomic E-state index is -1.11. The van der Waals surface area contributed by atoms with Gasteiger partial charge in [-0.05, 0) is 12.1 Å². The molecule has 9 nitrogen and oxygen atoms in total. The van der Waals surface area contributed by atoms with Gasteiger partial charge in [-0.25, -0.2) is 15.0 Å². The van der Waals surface area contributed by atoms with E-state index in [1.54, 1.807) is 4.57 Å². The van der Waals surface area contributed by atoms with Crippen LogP contribution >= 0.6 is 0 Å². The quantitative estimate of drug-likeness (QED) is 0.526. The smallest absolute Gasteiger partial charge is 0.167 e. The fourth-order valence-electron chi connectivity index (χ4n) is 2.96. The number of para-hydroxylation sites is 1. The Hall–Kier alpha value is -2.75. The summed E-state index contributed by atoms with van der Waals surface area (Å²) in [4.78, 5) is 12.2. The molecule has 25 heavy (non-hydrogen) atoms. The first kappa shape index (κ1) is 15.8. The molecule has 9 heteroatoms. The Morgan fingerprint density at radius 3 is 2.72 bits per heavy atom. The van der Waals surface area contributed by atoms with Gasteiger partial charge in [-0.2, -0.15) is 0 Å². The van der Waals surface area contributed by atoms with Crippen LogP contribution in [0, 0.1) is 0 Å². The molecule has 0 amide bonds. The summed E-state index contributed by atoms with van der Waals surface area (Å²) in [5, 5.41) is 23.9. The molecule has 0 spiro atoms. The summed E-state index contributed by atoms with van der Waals surface area (Å²) in [6, 6.07) is 9.57. The Morgan fingerprint density at radius 2 is 1.92 bits per heavy atom. The largest absolute Gasteiger partial charge is 0.387 e. The second-order valence-electron chi connectivity index (χ2n) is 5.88. The van der Waals surface area contributed by atoms with Gasteiger partial charge in [-0.1, -0.05) is 18.2 Å². The van der Waals surface area contributed by atoms with Crippen LogP contribution < -0.4 is 11.1 Å². The molecule has 0 aliphatic carbocycles. The van der Waals surface area contributed by atoms with Gasteiger partial charge >= 0.3 is 0 Å². The van der Waals surface area contributed by atoms with Crippen molar-refractivity contribution < 1.29 is 14.9 Å². The van der Waals surface area contributed by atoms with Gasteiger partial charge in [0.15, 0.2) is 17.7 Å². The van der Waals surface area contributed by atoms with E-state index >= 15 is 0 Å². The first-order valence-corrected chi connectivity index (χ1v) is 7.88. The van der Waals surface area contributed by atoms with Gasteiger partial charge in [0.25, 0.3) is 0 Å². The van der Waals surface area contributed by atoms with E-state index in [0.29, 0.717) is 17.7 Å². The number of rotatable bonds is 4. The van der Waals surface area contributed by atoms with Crippen molar-refractivity contribution in [1.82, 2.24) is 19.5 Å². The molecule has 0 bridgehead atoms. The van der Waals surface area contributed by atoms with E-state index in [9.17, 15) is 10.2 Å². The van der Waals surface area contributed by atoms with Crippen LogP contribution in [0.25, 0.3) is 11.2 Å². The summed E-state index contributed by atoms with van der Waals surface area (Å²) in [6.45, 7) is 0.350. The monoisotopic (exact) mass is 342 g/mol. The maximum absolute atomic E-state index is 10.4. The van der Waals surface area contributed by atoms with E-state index in [1.165, 1.54) is 12.7 Å². The standard InChI is InChI=1S/C16H18N6O3/c17-14-11-15(20-7-19-14)22(8-21-11)16-13(24)12(23)10(25-16)6-18-9-4-2-1-3-5-9/h1-5,7-8,10,12-13,16,18,23-24H,6H2,(H2,17,19,20)/t10-,12+,13-,16+/m1/s1. The predicted octanol–water partition coefficient (Wildman–Crippen LogP) is 0.140. The normalized spacial score (nSPS) is 26.2. The number of nitrogens with two attached hydrogens (primary N) is 1. The number of hydrogen-bond acceptors (Lipinski definition) is 8. The molecule has 5 N–H and O–H groups in total. The molecule has 3 aromatic rings. The van der Waals surface area contributed by atoms with E-state index in [1.807, 2.05) is 30.3 Å². The number of aromatic nitrogens is 4. The highest BCUT2D eigenvalue weighted by Gasteiger charge is 2.44. The fraction of sp³-hybridized carbons (Fsp3) is 0.312. The van der Waals surface area contributed by atoms with Gasteiger partial charge in [-0.15, -0.1) is 0 Å². The van der Waals surface area contributed by atoms with Crippen molar-refractivity contribution >= 4 is 22.7 Å². The van der Waals surface area contributed by atoms with Crippen LogP contribution in [0.2, 0.25) is 0 Å². The second kappa shape index (κ2) is 6.28. The van der Waals surface area contributed by atoms with Gasteiger partial charge in [0.2, 0.25) is 0 Å². The van der Waals surface area contributed by atoms with Gasteiger partial charge < -0.3 is 26.0 Å². The summed E-state index contributed by atoms with van der Waals surface area (Å²) in [6.07, 6.45) is -0.756. The number of imidazole rings is 1. The number of nitrogen functional groups attached to an aromatic ring is 1. The number of benzene rings is 1. The number of hydrogen-bond donors (Lipinski definition) is 4. The molecule has 4 rings (SSSR count). The topological polar surface area (TPSA) is 131 Å². The molecule has 1 fully saturated rings. The second-order valence-corrected chi connectivity index (χ2v) is 5.88. The molecule has 1 aliphatic heterocycles. The van der Waals surface area contributed by atoms with Gasteiger partial charge in [-0.3, -0.25) is 4.57 Å². The van der Waals surface area contributed by atoms with Gasteiger partial charge in [0.1, 0.15) is 30.2 Å². The Bertz CT molecular complexity index is 871. The molecule has 1 saturated heterocycles. The highest BCUT2D eigenvalue weighted by molar-refractivity contribution is 5.81. The third-order valence-electron chi connectivity index (χ3n) is 4.28. The molecule has 0 unspecified atom stereocenters. The van der Waals surface area contributed by atoms with Crippen LogP contribution in [-0.4, -0.2) is 54.6 Å². The first-order valence-electron chi connectivity index (χ1n) is 7.88. The summed E-state index contributed by atoms with van der Waals surface area (Å²) in [5.74, 6) is 0.249. The number of nitrogens with one attached hydrogen (secondary N) is 1. The summed E-state index contributed by atoms with van der Waals surface area (Å²) in [5.41, 5.74) is 7.56. The lowest BCUT2D eigenvalue weighted by atomic mass is 10.1. The van der Waals surface area contributed by atoms with Crippen molar-refractivity contribution in [3.8, 4) is 0 Å². The lowest BCUT2D eigenvalue weighted by Gasteiger charge is -2.16. The van der Waals surface area contributed by atoms with Crippen molar-refractivity contribution in [2.75, 3.05) is 17.6 Å². The lowest BCUT2D eigenvalue weighted by molar-refractivity contribution is -0.0312. The summed E-state index contributed by atoms with van der Waals surface area (Å²) < 4.78 is 7.42. The third kappa shape index (κ3) is 2.78. The minimum Gasteiger partial charge on any atom is -0.387 e. The molecule has 0 radical (unpaired) electrons. The molecule has 4 atom stereocenters.